The van der Waals surface area contributed by atoms with Crippen molar-refractivity contribution in [2.45, 2.75) is 170 Å². The molecule has 0 radical (unpaired) electrons. The Kier molecular flexibility index (Phi) is 26.4. The maximum absolute atomic E-state index is 14.6. The normalized spacial score (nSPS) is 20.3. The number of amides is 5. The topological polar surface area (TPSA) is 251 Å². The lowest BCUT2D eigenvalue weighted by atomic mass is 9.73. The molecule has 5 amide bonds. The highest BCUT2D eigenvalue weighted by molar-refractivity contribution is 7.99. The molecular weight excluding hydrogens is 1480 g/mol. The molecule has 4 fully saturated rings. The van der Waals surface area contributed by atoms with Gasteiger partial charge in [-0.2, -0.15) is 13.2 Å². The molecule has 582 valence electrons. The second-order valence-electron chi connectivity index (χ2n) is 31.4. The fourth-order valence-electron chi connectivity index (χ4n) is 15.5. The van der Waals surface area contributed by atoms with E-state index >= 15 is 0 Å². The Balaban J connectivity index is 0.633. The number of aliphatic hydroxyl groups is 1. The molecule has 5 heterocycles. The molecule has 1 aliphatic carbocycles. The smallest absolute Gasteiger partial charge is 0.391 e. The van der Waals surface area contributed by atoms with Crippen LogP contribution in [0.5, 0.6) is 0 Å². The zero-order valence-electron chi connectivity index (χ0n) is 62.4. The van der Waals surface area contributed by atoms with Crippen molar-refractivity contribution >= 4 is 101 Å². The molecule has 20 nitrogen and oxygen atoms in total. The lowest BCUT2D eigenvalue weighted by Gasteiger charge is -2.39. The molecule has 1 aromatic heterocycles. The fraction of sp³-hybridized carbons (Fsp3) is 0.500. The van der Waals surface area contributed by atoms with Gasteiger partial charge in [-0.1, -0.05) is 119 Å². The van der Waals surface area contributed by atoms with E-state index in [-0.39, 0.29) is 60.1 Å². The van der Waals surface area contributed by atoms with Crippen LogP contribution in [0.1, 0.15) is 145 Å². The standard InChI is InChI=1S/C80H100ClF3N10O10S4/c1-52(54-19-21-56(22-20-54)73-53(2)85-51-106-73)86-76(99)69-41-64(95)49-94(69)77(100)74(78(3,4)5)88-71(96)17-13-8-9-14-18-72(97)93-47-59-45-91(46-60(59)48-93)36-34-62(50-105-65-15-11-10-12-16-65)87-68-32-31-66(42-70(68)107(101,102)80(82,83)84)108(103,104)89-75(98)57-25-29-63(30-26-57)92-39-37-90(38-40-92)44-58-43-79(6,7)35-33-67(58)55-23-27-61(81)28-24-55/h10-12,15-16,19-32,42,51-52,59-60,62,64,69,74,87,95H,8-9,13-14,17-18,33-41,43-50H2,1-7H3,(H,86,99)(H,88,96)(H,89,98)/t52-,59?,60?,62+,64?,69?,74+/m0/s1. The van der Waals surface area contributed by atoms with Crippen LogP contribution in [0.4, 0.5) is 24.5 Å². The molecule has 11 rings (SSSR count). The van der Waals surface area contributed by atoms with Crippen LogP contribution in [0.2, 0.25) is 5.02 Å². The predicted molar refractivity (Wildman–Crippen MR) is 419 cm³/mol. The molecular formula is C80H100ClF3N10O10S4. The van der Waals surface area contributed by atoms with Crippen LogP contribution in [0.25, 0.3) is 16.0 Å². The molecule has 28 heteroatoms. The first-order chi connectivity index (χ1) is 51.2. The molecule has 0 spiro atoms. The number of aromatic nitrogens is 1. The zero-order valence-corrected chi connectivity index (χ0v) is 66.4. The summed E-state index contributed by atoms with van der Waals surface area (Å²) in [5, 5.41) is 20.5. The number of alkyl halides is 3. The number of allylic oxidation sites excluding steroid dienone is 1. The van der Waals surface area contributed by atoms with E-state index in [1.54, 1.807) is 29.0 Å². The number of likely N-dealkylation sites (tertiary alicyclic amines) is 3. The summed E-state index contributed by atoms with van der Waals surface area (Å²) in [6, 6.07) is 31.1. The summed E-state index contributed by atoms with van der Waals surface area (Å²) in [7, 11) is -11.1. The second kappa shape index (κ2) is 34.9. The SMILES string of the molecule is Cc1ncsc1-c1ccc([C@H](C)NC(=O)C2CC(O)CN2C(=O)[C@@H](NC(=O)CCCCCCC(=O)N2CC3CN(CC[C@H](CSc4ccccc4)Nc4ccc(S(=O)(=O)NC(=O)c5ccc(N6CCN(CC7=C(c8ccc(Cl)cc8)CCC(C)(C)C7)CC6)cc5)cc4S(=O)(=O)C(F)(F)F)CC3C2)C(C)(C)C)cc1. The monoisotopic (exact) mass is 1580 g/mol. The number of benzene rings is 5. The van der Waals surface area contributed by atoms with Crippen molar-refractivity contribution in [2.24, 2.45) is 22.7 Å². The number of sulfone groups is 1. The summed E-state index contributed by atoms with van der Waals surface area (Å²) in [4.78, 5) is 83.1. The van der Waals surface area contributed by atoms with E-state index in [2.05, 4.69) is 61.6 Å². The number of fused-ring (bicyclic) bond motifs is 1. The van der Waals surface area contributed by atoms with E-state index in [4.69, 9.17) is 11.6 Å². The van der Waals surface area contributed by atoms with Gasteiger partial charge < -0.3 is 40.7 Å². The Bertz CT molecular complexity index is 4430. The van der Waals surface area contributed by atoms with E-state index in [9.17, 15) is 59.1 Å². The van der Waals surface area contributed by atoms with Crippen LogP contribution in [0.3, 0.4) is 0 Å². The Labute approximate surface area is 646 Å². The van der Waals surface area contributed by atoms with Gasteiger partial charge >= 0.3 is 5.51 Å². The number of rotatable bonds is 29. The summed E-state index contributed by atoms with van der Waals surface area (Å²) >= 11 is 9.21. The first kappa shape index (κ1) is 81.6. The van der Waals surface area contributed by atoms with Gasteiger partial charge in [-0.25, -0.2) is 26.5 Å². The molecule has 0 saturated carbocycles. The number of nitrogens with zero attached hydrogens (tertiary/aromatic N) is 6. The number of unbranched alkanes of at least 4 members (excludes halogenated alkanes) is 3. The minimum atomic E-state index is -6.17. The van der Waals surface area contributed by atoms with Crippen LogP contribution < -0.4 is 25.6 Å². The largest absolute Gasteiger partial charge is 0.501 e. The van der Waals surface area contributed by atoms with E-state index in [0.29, 0.717) is 101 Å². The molecule has 5 aliphatic rings. The number of thiazole rings is 1. The molecule has 5 aromatic carbocycles. The highest BCUT2D eigenvalue weighted by Crippen LogP contribution is 2.44. The molecule has 4 unspecified atom stereocenters. The minimum Gasteiger partial charge on any atom is -0.391 e. The molecule has 6 aromatic rings. The third-order valence-electron chi connectivity index (χ3n) is 21.6. The van der Waals surface area contributed by atoms with Crippen molar-refractivity contribution in [3.63, 3.8) is 0 Å². The summed E-state index contributed by atoms with van der Waals surface area (Å²) < 4.78 is 101. The van der Waals surface area contributed by atoms with E-state index < -0.39 is 88.2 Å². The lowest BCUT2D eigenvalue weighted by molar-refractivity contribution is -0.144. The van der Waals surface area contributed by atoms with Crippen molar-refractivity contribution < 1.29 is 59.1 Å². The van der Waals surface area contributed by atoms with Crippen LogP contribution in [-0.2, 0) is 39.0 Å². The van der Waals surface area contributed by atoms with E-state index in [0.717, 1.165) is 83.3 Å². The van der Waals surface area contributed by atoms with Crippen molar-refractivity contribution in [1.82, 2.24) is 39.9 Å². The third-order valence-corrected chi connectivity index (χ3v) is 26.9. The van der Waals surface area contributed by atoms with Gasteiger partial charge in [0.1, 0.15) is 17.0 Å². The van der Waals surface area contributed by atoms with Gasteiger partial charge in [-0.05, 0) is 164 Å². The molecule has 0 bridgehead atoms. The first-order valence-electron chi connectivity index (χ1n) is 37.3. The molecule has 108 heavy (non-hydrogen) atoms. The number of carbonyl (C=O) groups excluding carboxylic acids is 5. The van der Waals surface area contributed by atoms with Gasteiger partial charge in [0.05, 0.1) is 38.8 Å². The zero-order chi connectivity index (χ0) is 77.5. The summed E-state index contributed by atoms with van der Waals surface area (Å²) in [5.74, 6) is -1.50. The number of anilines is 2. The van der Waals surface area contributed by atoms with Crippen molar-refractivity contribution in [3.8, 4) is 10.4 Å². The summed E-state index contributed by atoms with van der Waals surface area (Å²) in [6.07, 6.45) is 5.62. The van der Waals surface area contributed by atoms with Gasteiger partial charge in [0.2, 0.25) is 23.6 Å². The van der Waals surface area contributed by atoms with Gasteiger partial charge in [-0.3, -0.25) is 28.9 Å². The average molecular weight is 1580 g/mol. The van der Waals surface area contributed by atoms with Gasteiger partial charge in [0, 0.05) is 124 Å². The number of nitrogens with one attached hydrogen (secondary N) is 4. The van der Waals surface area contributed by atoms with Crippen molar-refractivity contribution in [1.29, 1.82) is 0 Å². The Morgan fingerprint density at radius 2 is 1.44 bits per heavy atom. The van der Waals surface area contributed by atoms with Crippen molar-refractivity contribution in [3.05, 3.63) is 160 Å². The number of aliphatic hydroxyl groups excluding tert-OH is 1. The Morgan fingerprint density at radius 3 is 2.07 bits per heavy atom. The first-order valence-corrected chi connectivity index (χ1v) is 42.5. The quantitative estimate of drug-likeness (QED) is 0.0216. The maximum atomic E-state index is 14.6. The second-order valence-corrected chi connectivity index (χ2v) is 37.4. The maximum Gasteiger partial charge on any atom is 0.501 e. The van der Waals surface area contributed by atoms with Crippen LogP contribution in [-0.4, -0.2) is 184 Å². The minimum absolute atomic E-state index is 0.0333. The van der Waals surface area contributed by atoms with Gasteiger partial charge in [0.25, 0.3) is 25.8 Å². The number of piperazine rings is 1. The lowest BCUT2D eigenvalue weighted by Crippen LogP contribution is -2.57. The summed E-state index contributed by atoms with van der Waals surface area (Å²) in [5.41, 5.74) is 2.64. The molecule has 5 N–H and O–H groups in total. The summed E-state index contributed by atoms with van der Waals surface area (Å²) in [6.45, 7) is 20.7. The highest BCUT2D eigenvalue weighted by atomic mass is 35.5. The highest BCUT2D eigenvalue weighted by Gasteiger charge is 2.50. The van der Waals surface area contributed by atoms with E-state index in [1.165, 1.54) is 45.5 Å². The number of carbonyl (C=O) groups is 5. The number of thioether (sulfide) groups is 1. The number of β-amino-alcohol motifs (C(OH)–C–C–N with tert-alkyl or cyclic N) is 1. The van der Waals surface area contributed by atoms with Gasteiger partial charge in [-0.15, -0.1) is 23.1 Å². The van der Waals surface area contributed by atoms with Crippen LogP contribution >= 0.6 is 34.7 Å². The number of hydrogen-bond donors (Lipinski definition) is 5. The van der Waals surface area contributed by atoms with Gasteiger partial charge in [0.15, 0.2) is 0 Å². The number of sulfonamides is 1. The molecule has 7 atom stereocenters. The number of aryl methyl sites for hydroxylation is 1. The average Bonchev–Trinajstić information content (AvgIpc) is 1.18. The number of hydrogen-bond acceptors (Lipinski definition) is 17. The van der Waals surface area contributed by atoms with E-state index in [1.807, 2.05) is 111 Å². The Hall–Kier alpha value is -7.37. The fourth-order valence-corrected chi connectivity index (χ4v) is 19.4. The van der Waals surface area contributed by atoms with Crippen LogP contribution in [0, 0.1) is 29.6 Å². The third kappa shape index (κ3) is 20.6. The Morgan fingerprint density at radius 1 is 0.778 bits per heavy atom. The molecule has 4 saturated heterocycles. The number of halogens is 4. The van der Waals surface area contributed by atoms with Crippen LogP contribution in [0.15, 0.2) is 147 Å². The van der Waals surface area contributed by atoms with Crippen molar-refractivity contribution in [2.75, 3.05) is 88.0 Å². The predicted octanol–water partition coefficient (Wildman–Crippen LogP) is 13.0. The molecule has 4 aliphatic heterocycles.